The zero-order valence-corrected chi connectivity index (χ0v) is 15.1. The summed E-state index contributed by atoms with van der Waals surface area (Å²) in [6, 6.07) is 11.1. The Labute approximate surface area is 160 Å². The predicted molar refractivity (Wildman–Crippen MR) is 100 cm³/mol. The van der Waals surface area contributed by atoms with E-state index < -0.39 is 27.4 Å². The number of hydrogen-bond acceptors (Lipinski definition) is 5. The van der Waals surface area contributed by atoms with E-state index in [4.69, 9.17) is 0 Å². The highest BCUT2D eigenvalue weighted by Gasteiger charge is 2.29. The van der Waals surface area contributed by atoms with Crippen LogP contribution < -0.4 is 5.32 Å². The Morgan fingerprint density at radius 3 is 2.61 bits per heavy atom. The Hall–Kier alpha value is -3.40. The molecule has 0 unspecified atom stereocenters. The molecule has 0 spiro atoms. The van der Waals surface area contributed by atoms with E-state index in [-0.39, 0.29) is 28.6 Å². The number of aromatic nitrogens is 2. The lowest BCUT2D eigenvalue weighted by atomic mass is 10.1. The summed E-state index contributed by atoms with van der Waals surface area (Å²) in [5.74, 6) is -0.373. The van der Waals surface area contributed by atoms with Crippen LogP contribution in [0.1, 0.15) is 21.6 Å². The van der Waals surface area contributed by atoms with E-state index in [1.54, 1.807) is 0 Å². The van der Waals surface area contributed by atoms with E-state index in [0.29, 0.717) is 16.9 Å². The van der Waals surface area contributed by atoms with E-state index in [1.165, 1.54) is 53.2 Å². The average molecular weight is 400 g/mol. The summed E-state index contributed by atoms with van der Waals surface area (Å²) < 4.78 is 26.6. The molecule has 1 N–H and O–H groups in total. The maximum atomic E-state index is 13.3. The van der Waals surface area contributed by atoms with Crippen LogP contribution >= 0.6 is 0 Å². The number of rotatable bonds is 4. The number of nitro benzene ring substituents is 1. The number of carbonyl (C=O) groups excluding carboxylic acids is 1. The van der Waals surface area contributed by atoms with E-state index in [0.717, 1.165) is 0 Å². The fourth-order valence-electron chi connectivity index (χ4n) is 3.02. The number of anilines is 1. The second kappa shape index (κ2) is 6.97. The maximum absolute atomic E-state index is 13.3. The highest BCUT2D eigenvalue weighted by atomic mass is 32.2. The van der Waals surface area contributed by atoms with Crippen molar-refractivity contribution in [3.63, 3.8) is 0 Å². The molecule has 1 aliphatic heterocycles. The second-order valence-corrected chi connectivity index (χ2v) is 7.58. The van der Waals surface area contributed by atoms with Crippen LogP contribution in [0.4, 0.5) is 15.9 Å². The van der Waals surface area contributed by atoms with E-state index >= 15 is 0 Å². The standard InChI is InChI=1S/C18H13FN4O4S/c19-11-5-7-12(8-6-11)22-17(14-9-28(27)10-15(14)21-22)20-18(24)13-3-1-2-4-16(13)23(25)26/h1-8H,9-10H2,(H,20,24)/t28-/m0/s1. The number of carbonyl (C=O) groups is 1. The van der Waals surface area contributed by atoms with Gasteiger partial charge in [0.2, 0.25) is 0 Å². The highest BCUT2D eigenvalue weighted by Crippen LogP contribution is 2.32. The number of amides is 1. The van der Waals surface area contributed by atoms with Crippen LogP contribution in [0.5, 0.6) is 0 Å². The average Bonchev–Trinajstić information content (AvgIpc) is 3.19. The zero-order valence-electron chi connectivity index (χ0n) is 14.3. The minimum Gasteiger partial charge on any atom is -0.306 e. The fraction of sp³-hybridized carbons (Fsp3) is 0.111. The molecule has 8 nitrogen and oxygen atoms in total. The molecule has 3 aromatic rings. The molecule has 2 heterocycles. The molecule has 1 aliphatic rings. The molecule has 0 saturated heterocycles. The van der Waals surface area contributed by atoms with Crippen LogP contribution in [0.25, 0.3) is 5.69 Å². The molecule has 10 heteroatoms. The van der Waals surface area contributed by atoms with Crippen molar-refractivity contribution >= 4 is 28.2 Å². The van der Waals surface area contributed by atoms with Gasteiger partial charge in [0, 0.05) is 22.4 Å². The fourth-order valence-corrected chi connectivity index (χ4v) is 4.29. The first-order chi connectivity index (χ1) is 13.4. The van der Waals surface area contributed by atoms with Gasteiger partial charge in [-0.25, -0.2) is 9.07 Å². The number of fused-ring (bicyclic) bond motifs is 1. The lowest BCUT2D eigenvalue weighted by Crippen LogP contribution is -2.17. The normalized spacial score (nSPS) is 15.2. The smallest absolute Gasteiger partial charge is 0.282 e. The summed E-state index contributed by atoms with van der Waals surface area (Å²) >= 11 is 0. The van der Waals surface area contributed by atoms with Gasteiger partial charge in [-0.15, -0.1) is 0 Å². The largest absolute Gasteiger partial charge is 0.306 e. The van der Waals surface area contributed by atoms with Crippen molar-refractivity contribution in [1.82, 2.24) is 9.78 Å². The van der Waals surface area contributed by atoms with Crippen molar-refractivity contribution in [1.29, 1.82) is 0 Å². The molecule has 1 atom stereocenters. The monoisotopic (exact) mass is 400 g/mol. The SMILES string of the molecule is O=C(Nc1c2c(nn1-c1ccc(F)cc1)C[S@@](=O)C2)c1ccccc1[N+](=O)[O-]. The molecule has 28 heavy (non-hydrogen) atoms. The minimum absolute atomic E-state index is 0.104. The summed E-state index contributed by atoms with van der Waals surface area (Å²) in [5.41, 5.74) is 1.25. The number of para-hydroxylation sites is 1. The molecule has 2 aromatic carbocycles. The molecule has 4 rings (SSSR count). The highest BCUT2D eigenvalue weighted by molar-refractivity contribution is 7.83. The van der Waals surface area contributed by atoms with Gasteiger partial charge in [-0.3, -0.25) is 19.1 Å². The number of nitrogens with one attached hydrogen (secondary N) is 1. The van der Waals surface area contributed by atoms with Crippen molar-refractivity contribution in [2.45, 2.75) is 11.5 Å². The van der Waals surface area contributed by atoms with Gasteiger partial charge in [-0.05, 0) is 30.3 Å². The summed E-state index contributed by atoms with van der Waals surface area (Å²) in [7, 11) is -1.13. The van der Waals surface area contributed by atoms with Gasteiger partial charge < -0.3 is 5.32 Å². The van der Waals surface area contributed by atoms with Crippen molar-refractivity contribution in [2.24, 2.45) is 0 Å². The number of nitrogens with zero attached hydrogens (tertiary/aromatic N) is 3. The Morgan fingerprint density at radius 1 is 1.18 bits per heavy atom. The van der Waals surface area contributed by atoms with Crippen LogP contribution in [-0.2, 0) is 22.3 Å². The van der Waals surface area contributed by atoms with Gasteiger partial charge in [-0.1, -0.05) is 12.1 Å². The topological polar surface area (TPSA) is 107 Å². The number of nitro groups is 1. The van der Waals surface area contributed by atoms with Crippen molar-refractivity contribution in [3.05, 3.63) is 81.3 Å². The van der Waals surface area contributed by atoms with E-state index in [2.05, 4.69) is 10.4 Å². The van der Waals surface area contributed by atoms with Crippen LogP contribution in [-0.4, -0.2) is 24.8 Å². The van der Waals surface area contributed by atoms with Gasteiger partial charge in [-0.2, -0.15) is 5.10 Å². The van der Waals surface area contributed by atoms with Crippen LogP contribution in [0.2, 0.25) is 0 Å². The Kier molecular flexibility index (Phi) is 4.47. The predicted octanol–water partition coefficient (Wildman–Crippen LogP) is 2.93. The van der Waals surface area contributed by atoms with Gasteiger partial charge in [0.25, 0.3) is 11.6 Å². The Balaban J connectivity index is 1.77. The molecule has 1 amide bonds. The third-order valence-corrected chi connectivity index (χ3v) is 5.52. The van der Waals surface area contributed by atoms with Gasteiger partial charge >= 0.3 is 0 Å². The van der Waals surface area contributed by atoms with E-state index in [1.807, 2.05) is 0 Å². The first-order valence-electron chi connectivity index (χ1n) is 8.20. The minimum atomic E-state index is -1.13. The van der Waals surface area contributed by atoms with Crippen LogP contribution in [0.15, 0.2) is 48.5 Å². The van der Waals surface area contributed by atoms with Gasteiger partial charge in [0.1, 0.15) is 17.2 Å². The zero-order chi connectivity index (χ0) is 19.8. The molecule has 0 aliphatic carbocycles. The third-order valence-electron chi connectivity index (χ3n) is 4.32. The molecule has 142 valence electrons. The van der Waals surface area contributed by atoms with Crippen molar-refractivity contribution < 1.29 is 18.3 Å². The molecule has 0 bridgehead atoms. The van der Waals surface area contributed by atoms with Crippen LogP contribution in [0, 0.1) is 15.9 Å². The van der Waals surface area contributed by atoms with Crippen LogP contribution in [0.3, 0.4) is 0 Å². The summed E-state index contributed by atoms with van der Waals surface area (Å²) in [6.45, 7) is 0. The molecule has 1 aromatic heterocycles. The molecule has 0 fully saturated rings. The van der Waals surface area contributed by atoms with Crippen molar-refractivity contribution in [2.75, 3.05) is 5.32 Å². The summed E-state index contributed by atoms with van der Waals surface area (Å²) in [5, 5.41) is 18.3. The molecular formula is C18H13FN4O4S. The number of hydrogen-bond donors (Lipinski definition) is 1. The second-order valence-electron chi connectivity index (χ2n) is 6.12. The molecular weight excluding hydrogens is 387 g/mol. The lowest BCUT2D eigenvalue weighted by molar-refractivity contribution is -0.385. The van der Waals surface area contributed by atoms with Gasteiger partial charge in [0.15, 0.2) is 0 Å². The summed E-state index contributed by atoms with van der Waals surface area (Å²) in [6.07, 6.45) is 0. The van der Waals surface area contributed by atoms with Crippen molar-refractivity contribution in [3.8, 4) is 5.69 Å². The third kappa shape index (κ3) is 3.18. The molecule has 0 saturated carbocycles. The van der Waals surface area contributed by atoms with Gasteiger partial charge in [0.05, 0.1) is 27.8 Å². The number of benzene rings is 2. The lowest BCUT2D eigenvalue weighted by Gasteiger charge is -2.11. The Bertz CT molecular complexity index is 1130. The number of halogens is 1. The first kappa shape index (κ1) is 18.0. The quantitative estimate of drug-likeness (QED) is 0.535. The first-order valence-corrected chi connectivity index (χ1v) is 9.69. The Morgan fingerprint density at radius 2 is 1.89 bits per heavy atom. The molecule has 0 radical (unpaired) electrons. The van der Waals surface area contributed by atoms with E-state index in [9.17, 15) is 23.5 Å². The maximum Gasteiger partial charge on any atom is 0.282 e. The summed E-state index contributed by atoms with van der Waals surface area (Å²) in [4.78, 5) is 23.3.